The van der Waals surface area contributed by atoms with Crippen LogP contribution in [0.2, 0.25) is 0 Å². The topological polar surface area (TPSA) is 76.4 Å². The number of ether oxygens (including phenoxy) is 1. The molecule has 2 amide bonds. The van der Waals surface area contributed by atoms with Crippen LogP contribution < -0.4 is 21.1 Å². The van der Waals surface area contributed by atoms with Crippen molar-refractivity contribution in [1.29, 1.82) is 0 Å². The standard InChI is InChI=1S/C15H17N3O2/c1-10-3-5-11(6-4-10)17-15(19)18-14-9-12(20-2)7-8-13(14)16/h3-9H,16H2,1-2H3,(H2,17,18,19). The molecule has 104 valence electrons. The Hall–Kier alpha value is -2.69. The van der Waals surface area contributed by atoms with Gasteiger partial charge in [0.1, 0.15) is 5.75 Å². The summed E-state index contributed by atoms with van der Waals surface area (Å²) in [6, 6.07) is 12.3. The molecule has 0 saturated carbocycles. The van der Waals surface area contributed by atoms with Gasteiger partial charge in [-0.2, -0.15) is 0 Å². The van der Waals surface area contributed by atoms with E-state index in [0.717, 1.165) is 11.3 Å². The Morgan fingerprint density at radius 3 is 2.45 bits per heavy atom. The number of hydrogen-bond donors (Lipinski definition) is 3. The zero-order chi connectivity index (χ0) is 14.5. The van der Waals surface area contributed by atoms with Gasteiger partial charge in [0.15, 0.2) is 0 Å². The minimum atomic E-state index is -0.353. The van der Waals surface area contributed by atoms with Crippen LogP contribution in [0.3, 0.4) is 0 Å². The van der Waals surface area contributed by atoms with Crippen molar-refractivity contribution in [3.05, 3.63) is 48.0 Å². The Labute approximate surface area is 117 Å². The maximum absolute atomic E-state index is 11.9. The van der Waals surface area contributed by atoms with E-state index in [1.165, 1.54) is 0 Å². The summed E-state index contributed by atoms with van der Waals surface area (Å²) in [5, 5.41) is 5.43. The number of aryl methyl sites for hydroxylation is 1. The molecule has 5 heteroatoms. The van der Waals surface area contributed by atoms with Crippen LogP contribution in [0.1, 0.15) is 5.56 Å². The second-order valence-corrected chi connectivity index (χ2v) is 4.40. The fraction of sp³-hybridized carbons (Fsp3) is 0.133. The number of carbonyl (C=O) groups is 1. The van der Waals surface area contributed by atoms with E-state index in [1.54, 1.807) is 25.3 Å². The van der Waals surface area contributed by atoms with Crippen molar-refractivity contribution >= 4 is 23.1 Å². The van der Waals surface area contributed by atoms with Gasteiger partial charge in [-0.1, -0.05) is 17.7 Å². The Morgan fingerprint density at radius 1 is 1.10 bits per heavy atom. The number of carbonyl (C=O) groups excluding carboxylic acids is 1. The van der Waals surface area contributed by atoms with Crippen molar-refractivity contribution in [1.82, 2.24) is 0 Å². The number of nitrogens with two attached hydrogens (primary N) is 1. The van der Waals surface area contributed by atoms with E-state index in [4.69, 9.17) is 10.5 Å². The van der Waals surface area contributed by atoms with E-state index >= 15 is 0 Å². The number of anilines is 3. The minimum absolute atomic E-state index is 0.353. The molecule has 0 saturated heterocycles. The molecule has 0 aliphatic heterocycles. The van der Waals surface area contributed by atoms with Crippen LogP contribution in [0.5, 0.6) is 5.75 Å². The predicted octanol–water partition coefficient (Wildman–Crippen LogP) is 3.23. The SMILES string of the molecule is COc1ccc(N)c(NC(=O)Nc2ccc(C)cc2)c1. The Morgan fingerprint density at radius 2 is 1.80 bits per heavy atom. The fourth-order valence-corrected chi connectivity index (χ4v) is 1.69. The van der Waals surface area contributed by atoms with Gasteiger partial charge in [0.25, 0.3) is 0 Å². The first kappa shape index (κ1) is 13.7. The molecule has 0 unspecified atom stereocenters. The Kier molecular flexibility index (Phi) is 4.10. The predicted molar refractivity (Wildman–Crippen MR) is 81.2 cm³/mol. The van der Waals surface area contributed by atoms with Gasteiger partial charge >= 0.3 is 6.03 Å². The van der Waals surface area contributed by atoms with Gasteiger partial charge in [-0.3, -0.25) is 0 Å². The largest absolute Gasteiger partial charge is 0.497 e. The number of rotatable bonds is 3. The molecule has 0 atom stereocenters. The first-order valence-corrected chi connectivity index (χ1v) is 6.16. The summed E-state index contributed by atoms with van der Waals surface area (Å²) in [6.07, 6.45) is 0. The van der Waals surface area contributed by atoms with Crippen molar-refractivity contribution in [2.75, 3.05) is 23.5 Å². The maximum atomic E-state index is 11.9. The molecule has 0 aliphatic carbocycles. The van der Waals surface area contributed by atoms with E-state index < -0.39 is 0 Å². The lowest BCUT2D eigenvalue weighted by Crippen LogP contribution is -2.20. The lowest BCUT2D eigenvalue weighted by molar-refractivity contribution is 0.262. The zero-order valence-electron chi connectivity index (χ0n) is 11.4. The highest BCUT2D eigenvalue weighted by molar-refractivity contribution is 6.01. The average Bonchev–Trinajstić information content (AvgIpc) is 2.44. The summed E-state index contributed by atoms with van der Waals surface area (Å²) in [5.41, 5.74) is 8.64. The number of benzene rings is 2. The molecule has 2 rings (SSSR count). The minimum Gasteiger partial charge on any atom is -0.497 e. The highest BCUT2D eigenvalue weighted by atomic mass is 16.5. The third-order valence-electron chi connectivity index (χ3n) is 2.82. The van der Waals surface area contributed by atoms with Gasteiger partial charge in [-0.15, -0.1) is 0 Å². The van der Waals surface area contributed by atoms with Gasteiger partial charge in [-0.25, -0.2) is 4.79 Å². The fourth-order valence-electron chi connectivity index (χ4n) is 1.69. The quantitative estimate of drug-likeness (QED) is 0.750. The molecule has 2 aromatic carbocycles. The van der Waals surface area contributed by atoms with Crippen LogP contribution in [0, 0.1) is 6.92 Å². The van der Waals surface area contributed by atoms with E-state index in [0.29, 0.717) is 17.1 Å². The van der Waals surface area contributed by atoms with Crippen molar-refractivity contribution < 1.29 is 9.53 Å². The number of urea groups is 1. The molecule has 0 aromatic heterocycles. The number of amides is 2. The first-order chi connectivity index (χ1) is 9.58. The third kappa shape index (κ3) is 3.41. The van der Waals surface area contributed by atoms with Crippen LogP contribution in [-0.4, -0.2) is 13.1 Å². The molecular weight excluding hydrogens is 254 g/mol. The number of nitrogen functional groups attached to an aromatic ring is 1. The van der Waals surface area contributed by atoms with Crippen LogP contribution in [0.15, 0.2) is 42.5 Å². The van der Waals surface area contributed by atoms with Crippen LogP contribution in [-0.2, 0) is 0 Å². The average molecular weight is 271 g/mol. The van der Waals surface area contributed by atoms with Gasteiger partial charge in [0.2, 0.25) is 0 Å². The molecule has 20 heavy (non-hydrogen) atoms. The molecule has 0 aliphatic rings. The lowest BCUT2D eigenvalue weighted by atomic mass is 10.2. The molecule has 4 N–H and O–H groups in total. The van der Waals surface area contributed by atoms with Crippen molar-refractivity contribution in [3.8, 4) is 5.75 Å². The summed E-state index contributed by atoms with van der Waals surface area (Å²) in [4.78, 5) is 11.9. The lowest BCUT2D eigenvalue weighted by Gasteiger charge is -2.11. The Bertz CT molecular complexity index is 609. The van der Waals surface area contributed by atoms with Crippen molar-refractivity contribution in [2.24, 2.45) is 0 Å². The molecule has 5 nitrogen and oxygen atoms in total. The summed E-state index contributed by atoms with van der Waals surface area (Å²) in [5.74, 6) is 0.629. The highest BCUT2D eigenvalue weighted by Crippen LogP contribution is 2.24. The van der Waals surface area contributed by atoms with E-state index in [2.05, 4.69) is 10.6 Å². The van der Waals surface area contributed by atoms with E-state index in [-0.39, 0.29) is 6.03 Å². The molecule has 0 heterocycles. The number of nitrogens with one attached hydrogen (secondary N) is 2. The molecule has 0 bridgehead atoms. The summed E-state index contributed by atoms with van der Waals surface area (Å²) >= 11 is 0. The van der Waals surface area contributed by atoms with Crippen LogP contribution in [0.4, 0.5) is 21.9 Å². The monoisotopic (exact) mass is 271 g/mol. The maximum Gasteiger partial charge on any atom is 0.323 e. The first-order valence-electron chi connectivity index (χ1n) is 6.16. The molecular formula is C15H17N3O2. The van der Waals surface area contributed by atoms with Gasteiger partial charge < -0.3 is 21.1 Å². The Balaban J connectivity index is 2.06. The van der Waals surface area contributed by atoms with E-state index in [1.807, 2.05) is 31.2 Å². The van der Waals surface area contributed by atoms with Crippen molar-refractivity contribution in [2.45, 2.75) is 6.92 Å². The van der Waals surface area contributed by atoms with E-state index in [9.17, 15) is 4.79 Å². The molecule has 0 spiro atoms. The molecule has 2 aromatic rings. The zero-order valence-corrected chi connectivity index (χ0v) is 11.4. The summed E-state index contributed by atoms with van der Waals surface area (Å²) in [6.45, 7) is 1.99. The van der Waals surface area contributed by atoms with Crippen LogP contribution in [0.25, 0.3) is 0 Å². The summed E-state index contributed by atoms with van der Waals surface area (Å²) < 4.78 is 5.10. The number of methoxy groups -OCH3 is 1. The second kappa shape index (κ2) is 5.97. The normalized spacial score (nSPS) is 9.90. The molecule has 0 fully saturated rings. The third-order valence-corrected chi connectivity index (χ3v) is 2.82. The smallest absolute Gasteiger partial charge is 0.323 e. The van der Waals surface area contributed by atoms with Gasteiger partial charge in [0, 0.05) is 11.8 Å². The highest BCUT2D eigenvalue weighted by Gasteiger charge is 2.06. The van der Waals surface area contributed by atoms with Gasteiger partial charge in [0.05, 0.1) is 18.5 Å². The number of hydrogen-bond acceptors (Lipinski definition) is 3. The van der Waals surface area contributed by atoms with Crippen molar-refractivity contribution in [3.63, 3.8) is 0 Å². The second-order valence-electron chi connectivity index (χ2n) is 4.40. The van der Waals surface area contributed by atoms with Gasteiger partial charge in [-0.05, 0) is 31.2 Å². The van der Waals surface area contributed by atoms with Crippen LogP contribution >= 0.6 is 0 Å². The molecule has 0 radical (unpaired) electrons. The summed E-state index contributed by atoms with van der Waals surface area (Å²) in [7, 11) is 1.56.